The Morgan fingerprint density at radius 1 is 1.30 bits per heavy atom. The second-order valence-corrected chi connectivity index (χ2v) is 9.28. The number of carbonyl (C=O) groups is 2. The van der Waals surface area contributed by atoms with Crippen molar-refractivity contribution < 1.29 is 19.1 Å². The number of anilines is 1. The van der Waals surface area contributed by atoms with Gasteiger partial charge in [0.15, 0.2) is 18.1 Å². The Morgan fingerprint density at radius 2 is 2.03 bits per heavy atom. The highest BCUT2D eigenvalue weighted by Gasteiger charge is 2.22. The van der Waals surface area contributed by atoms with Crippen LogP contribution in [0.5, 0.6) is 11.5 Å². The lowest BCUT2D eigenvalue weighted by molar-refractivity contribution is -0.118. The molecule has 1 fully saturated rings. The highest BCUT2D eigenvalue weighted by atomic mass is 127. The average molecular weight is 575 g/mol. The highest BCUT2D eigenvalue weighted by Crippen LogP contribution is 2.36. The first-order chi connectivity index (χ1) is 14.4. The van der Waals surface area contributed by atoms with E-state index < -0.39 is 0 Å². The van der Waals surface area contributed by atoms with E-state index in [9.17, 15) is 9.59 Å². The molecule has 30 heavy (non-hydrogen) atoms. The molecule has 1 heterocycles. The fraction of sp³-hybridized carbons (Fsp3) is 0.150. The topological polar surface area (TPSA) is 76.7 Å². The average Bonchev–Trinajstić information content (AvgIpc) is 3.00. The monoisotopic (exact) mass is 574 g/mol. The Morgan fingerprint density at radius 3 is 2.67 bits per heavy atom. The Kier molecular flexibility index (Phi) is 7.98. The molecule has 0 unspecified atom stereocenters. The number of carbonyl (C=O) groups excluding carboxylic acids is 2. The van der Waals surface area contributed by atoms with Gasteiger partial charge in [-0.1, -0.05) is 35.6 Å². The van der Waals surface area contributed by atoms with Gasteiger partial charge in [-0.2, -0.15) is 0 Å². The van der Waals surface area contributed by atoms with Crippen molar-refractivity contribution in [2.75, 3.05) is 18.5 Å². The zero-order valence-corrected chi connectivity index (χ0v) is 20.2. The largest absolute Gasteiger partial charge is 0.490 e. The molecule has 0 aromatic heterocycles. The lowest BCUT2D eigenvalue weighted by Gasteiger charge is -2.15. The summed E-state index contributed by atoms with van der Waals surface area (Å²) in [6.45, 7) is 2.09. The summed E-state index contributed by atoms with van der Waals surface area (Å²) in [5, 5.41) is 5.92. The van der Waals surface area contributed by atoms with Crippen molar-refractivity contribution in [2.45, 2.75) is 6.92 Å². The minimum absolute atomic E-state index is 0.189. The number of hydrogen-bond acceptors (Lipinski definition) is 6. The highest BCUT2D eigenvalue weighted by molar-refractivity contribution is 14.1. The van der Waals surface area contributed by atoms with Crippen LogP contribution in [0.15, 0.2) is 41.3 Å². The van der Waals surface area contributed by atoms with Crippen molar-refractivity contribution >= 4 is 86.1 Å². The zero-order valence-electron chi connectivity index (χ0n) is 15.7. The quantitative estimate of drug-likeness (QED) is 0.280. The van der Waals surface area contributed by atoms with Crippen molar-refractivity contribution in [3.05, 3.63) is 55.5 Å². The van der Waals surface area contributed by atoms with Crippen LogP contribution in [0.25, 0.3) is 6.08 Å². The predicted molar refractivity (Wildman–Crippen MR) is 132 cm³/mol. The molecule has 1 aliphatic rings. The molecule has 156 valence electrons. The minimum Gasteiger partial charge on any atom is -0.490 e. The molecule has 1 saturated heterocycles. The maximum absolute atomic E-state index is 12.2. The van der Waals surface area contributed by atoms with Gasteiger partial charge in [0.2, 0.25) is 0 Å². The Hall–Kier alpha value is -1.82. The Balaban J connectivity index is 1.74. The third-order valence-electron chi connectivity index (χ3n) is 3.75. The number of rotatable bonds is 7. The molecule has 0 radical (unpaired) electrons. The summed E-state index contributed by atoms with van der Waals surface area (Å²) in [4.78, 5) is 24.6. The second-order valence-electron chi connectivity index (χ2n) is 5.96. The van der Waals surface area contributed by atoms with Gasteiger partial charge in [0, 0.05) is 10.7 Å². The standard InChI is InChI=1S/C20H16ClIN2O4S2/c1-2-27-15-8-11(9-16-19(26)24-20(29)30-16)7-14(22)18(15)28-10-17(25)23-13-5-3-12(21)4-6-13/h3-9H,2,10H2,1H3,(H,23,25)(H,24,26,29)/b16-9-. The van der Waals surface area contributed by atoms with E-state index >= 15 is 0 Å². The summed E-state index contributed by atoms with van der Waals surface area (Å²) in [7, 11) is 0. The molecule has 2 aromatic carbocycles. The van der Waals surface area contributed by atoms with E-state index in [0.29, 0.717) is 38.0 Å². The third kappa shape index (κ3) is 6.10. The molecule has 0 saturated carbocycles. The zero-order chi connectivity index (χ0) is 21.7. The Labute approximate surface area is 201 Å². The van der Waals surface area contributed by atoms with Gasteiger partial charge in [-0.15, -0.1) is 0 Å². The molecule has 10 heteroatoms. The molecular formula is C20H16ClIN2O4S2. The van der Waals surface area contributed by atoms with Crippen LogP contribution in [0.3, 0.4) is 0 Å². The van der Waals surface area contributed by atoms with Gasteiger partial charge in [-0.25, -0.2) is 0 Å². The van der Waals surface area contributed by atoms with Crippen LogP contribution >= 0.6 is 58.2 Å². The van der Waals surface area contributed by atoms with E-state index in [4.69, 9.17) is 33.3 Å². The molecule has 1 aliphatic heterocycles. The van der Waals surface area contributed by atoms with Gasteiger partial charge in [-0.05, 0) is 77.6 Å². The summed E-state index contributed by atoms with van der Waals surface area (Å²) in [5.41, 5.74) is 1.39. The van der Waals surface area contributed by atoms with Gasteiger partial charge in [-0.3, -0.25) is 9.59 Å². The lowest BCUT2D eigenvalue weighted by atomic mass is 10.2. The molecular weight excluding hydrogens is 559 g/mol. The summed E-state index contributed by atoms with van der Waals surface area (Å²) in [5.74, 6) is 0.415. The fourth-order valence-electron chi connectivity index (χ4n) is 2.51. The van der Waals surface area contributed by atoms with E-state index in [1.807, 2.05) is 13.0 Å². The normalized spacial score (nSPS) is 14.6. The molecule has 3 rings (SSSR count). The fourth-order valence-corrected chi connectivity index (χ4v) is 4.47. The summed E-state index contributed by atoms with van der Waals surface area (Å²) < 4.78 is 12.6. The maximum atomic E-state index is 12.2. The van der Waals surface area contributed by atoms with Crippen molar-refractivity contribution in [2.24, 2.45) is 0 Å². The first-order valence-electron chi connectivity index (χ1n) is 8.75. The smallest absolute Gasteiger partial charge is 0.263 e. The third-order valence-corrected chi connectivity index (χ3v) is 5.96. The number of thioether (sulfide) groups is 1. The molecule has 2 N–H and O–H groups in total. The van der Waals surface area contributed by atoms with Crippen LogP contribution in [-0.2, 0) is 9.59 Å². The summed E-state index contributed by atoms with van der Waals surface area (Å²) in [6.07, 6.45) is 1.74. The number of amides is 2. The summed E-state index contributed by atoms with van der Waals surface area (Å²) >= 11 is 14.2. The lowest BCUT2D eigenvalue weighted by Crippen LogP contribution is -2.20. The SMILES string of the molecule is CCOc1cc(/C=C2\SC(=S)NC2=O)cc(I)c1OCC(=O)Nc1ccc(Cl)cc1. The maximum Gasteiger partial charge on any atom is 0.263 e. The van der Waals surface area contributed by atoms with E-state index in [0.717, 1.165) is 9.13 Å². The van der Waals surface area contributed by atoms with Crippen LogP contribution < -0.4 is 20.1 Å². The van der Waals surface area contributed by atoms with Crippen LogP contribution in [0.4, 0.5) is 5.69 Å². The van der Waals surface area contributed by atoms with Gasteiger partial charge in [0.05, 0.1) is 15.1 Å². The van der Waals surface area contributed by atoms with E-state index in [1.54, 1.807) is 36.4 Å². The molecule has 0 aliphatic carbocycles. The van der Waals surface area contributed by atoms with E-state index in [2.05, 4.69) is 33.2 Å². The molecule has 0 spiro atoms. The molecule has 2 amide bonds. The van der Waals surface area contributed by atoms with Crippen LogP contribution in [-0.4, -0.2) is 29.3 Å². The molecule has 0 atom stereocenters. The first kappa shape index (κ1) is 22.9. The number of ether oxygens (including phenoxy) is 2. The number of benzene rings is 2. The van der Waals surface area contributed by atoms with E-state index in [1.165, 1.54) is 11.8 Å². The number of hydrogen-bond donors (Lipinski definition) is 2. The van der Waals surface area contributed by atoms with Crippen LogP contribution in [0.1, 0.15) is 12.5 Å². The molecule has 0 bridgehead atoms. The number of thiocarbonyl (C=S) groups is 1. The van der Waals surface area contributed by atoms with Crippen molar-refractivity contribution in [3.63, 3.8) is 0 Å². The predicted octanol–water partition coefficient (Wildman–Crippen LogP) is 4.85. The second kappa shape index (κ2) is 10.5. The Bertz CT molecular complexity index is 1030. The van der Waals surface area contributed by atoms with Crippen LogP contribution in [0.2, 0.25) is 5.02 Å². The van der Waals surface area contributed by atoms with Crippen LogP contribution in [0, 0.1) is 3.57 Å². The van der Waals surface area contributed by atoms with Crippen molar-refractivity contribution in [3.8, 4) is 11.5 Å². The van der Waals surface area contributed by atoms with Gasteiger partial charge in [0.25, 0.3) is 11.8 Å². The van der Waals surface area contributed by atoms with Crippen molar-refractivity contribution in [1.29, 1.82) is 0 Å². The molecule has 2 aromatic rings. The minimum atomic E-state index is -0.311. The summed E-state index contributed by atoms with van der Waals surface area (Å²) in [6, 6.07) is 10.4. The number of halogens is 2. The molecule has 6 nitrogen and oxygen atoms in total. The van der Waals surface area contributed by atoms with Gasteiger partial charge in [0.1, 0.15) is 4.32 Å². The van der Waals surface area contributed by atoms with Gasteiger partial charge < -0.3 is 20.1 Å². The first-order valence-corrected chi connectivity index (χ1v) is 11.4. The number of nitrogens with one attached hydrogen (secondary N) is 2. The van der Waals surface area contributed by atoms with E-state index in [-0.39, 0.29) is 18.4 Å². The van der Waals surface area contributed by atoms with Crippen molar-refractivity contribution in [1.82, 2.24) is 5.32 Å². The van der Waals surface area contributed by atoms with Gasteiger partial charge >= 0.3 is 0 Å².